The van der Waals surface area contributed by atoms with Gasteiger partial charge in [0.05, 0.1) is 0 Å². The largest absolute Gasteiger partial charge is 0.348 e. The first-order valence-corrected chi connectivity index (χ1v) is 7.46. The molecule has 1 saturated heterocycles. The Bertz CT molecular complexity index is 719. The Morgan fingerprint density at radius 1 is 1.22 bits per heavy atom. The average molecular weight is 308 g/mol. The van der Waals surface area contributed by atoms with Crippen molar-refractivity contribution in [1.82, 2.24) is 20.3 Å². The molecule has 0 aromatic carbocycles. The van der Waals surface area contributed by atoms with E-state index in [0.29, 0.717) is 17.3 Å². The van der Waals surface area contributed by atoms with Crippen molar-refractivity contribution >= 4 is 11.9 Å². The molecule has 0 radical (unpaired) electrons. The van der Waals surface area contributed by atoms with Crippen LogP contribution in [0.1, 0.15) is 29.0 Å². The highest BCUT2D eigenvalue weighted by atomic mass is 16.1. The summed E-state index contributed by atoms with van der Waals surface area (Å²) in [5.74, 6) is 0.422. The summed E-state index contributed by atoms with van der Waals surface area (Å²) in [4.78, 5) is 26.6. The quantitative estimate of drug-likeness (QED) is 0.913. The first-order valence-electron chi connectivity index (χ1n) is 7.46. The fraction of sp³-hybridized carbons (Fsp3) is 0.312. The van der Waals surface area contributed by atoms with E-state index in [1.54, 1.807) is 36.7 Å². The van der Waals surface area contributed by atoms with Crippen LogP contribution >= 0.6 is 0 Å². The fourth-order valence-corrected chi connectivity index (χ4v) is 2.54. The minimum absolute atomic E-state index is 0.111. The third-order valence-electron chi connectivity index (χ3n) is 3.77. The number of nitrogens with zero attached hydrogens (tertiary/aromatic N) is 5. The van der Waals surface area contributed by atoms with Gasteiger partial charge in [-0.15, -0.1) is 0 Å². The average Bonchev–Trinajstić information content (AvgIpc) is 2.63. The van der Waals surface area contributed by atoms with Gasteiger partial charge in [-0.3, -0.25) is 9.78 Å². The third-order valence-corrected chi connectivity index (χ3v) is 3.77. The molecule has 23 heavy (non-hydrogen) atoms. The number of carbonyl (C=O) groups excluding carboxylic acids is 1. The van der Waals surface area contributed by atoms with Crippen LogP contribution < -0.4 is 10.2 Å². The molecule has 1 N–H and O–H groups in total. The van der Waals surface area contributed by atoms with Gasteiger partial charge in [0.2, 0.25) is 5.95 Å². The number of carbonyl (C=O) groups is 1. The van der Waals surface area contributed by atoms with Crippen LogP contribution in [0, 0.1) is 11.3 Å². The van der Waals surface area contributed by atoms with Crippen molar-refractivity contribution in [3.05, 3.63) is 48.0 Å². The lowest BCUT2D eigenvalue weighted by Gasteiger charge is -2.32. The molecule has 0 unspecified atom stereocenters. The van der Waals surface area contributed by atoms with Crippen molar-refractivity contribution in [3.63, 3.8) is 0 Å². The van der Waals surface area contributed by atoms with Gasteiger partial charge in [-0.2, -0.15) is 5.26 Å². The second kappa shape index (κ2) is 6.83. The number of piperidine rings is 1. The molecule has 116 valence electrons. The maximum absolute atomic E-state index is 12.1. The van der Waals surface area contributed by atoms with Gasteiger partial charge in [-0.25, -0.2) is 9.97 Å². The Morgan fingerprint density at radius 2 is 2.04 bits per heavy atom. The molecule has 1 aliphatic heterocycles. The zero-order chi connectivity index (χ0) is 16.1. The van der Waals surface area contributed by atoms with E-state index in [4.69, 9.17) is 5.26 Å². The molecule has 1 fully saturated rings. The predicted octanol–water partition coefficient (Wildman–Crippen LogP) is 1.14. The molecule has 7 nitrogen and oxygen atoms in total. The number of hydrogen-bond donors (Lipinski definition) is 1. The number of pyridine rings is 1. The maximum atomic E-state index is 12.1. The monoisotopic (exact) mass is 308 g/mol. The smallest absolute Gasteiger partial charge is 0.270 e. The standard InChI is InChI=1S/C16H16N6O/c17-11-13-4-8-19-16(21-13)22-9-5-12(6-10-22)20-15(23)14-3-1-2-7-18-14/h1-4,7-8,12H,5-6,9-10H2,(H,20,23). The number of nitriles is 1. The van der Waals surface area contributed by atoms with Crippen molar-refractivity contribution in [2.45, 2.75) is 18.9 Å². The van der Waals surface area contributed by atoms with E-state index in [9.17, 15) is 4.79 Å². The van der Waals surface area contributed by atoms with Crippen molar-refractivity contribution in [3.8, 4) is 6.07 Å². The lowest BCUT2D eigenvalue weighted by molar-refractivity contribution is 0.0926. The van der Waals surface area contributed by atoms with Gasteiger partial charge in [0, 0.05) is 31.5 Å². The molecular formula is C16H16N6O. The molecule has 0 saturated carbocycles. The summed E-state index contributed by atoms with van der Waals surface area (Å²) >= 11 is 0. The summed E-state index contributed by atoms with van der Waals surface area (Å²) in [7, 11) is 0. The predicted molar refractivity (Wildman–Crippen MR) is 83.7 cm³/mol. The Hall–Kier alpha value is -3.01. The van der Waals surface area contributed by atoms with Crippen LogP contribution in [0.25, 0.3) is 0 Å². The Kier molecular flexibility index (Phi) is 4.43. The first-order chi connectivity index (χ1) is 11.3. The summed E-state index contributed by atoms with van der Waals surface area (Å²) in [6.45, 7) is 1.48. The van der Waals surface area contributed by atoms with E-state index in [0.717, 1.165) is 25.9 Å². The summed E-state index contributed by atoms with van der Waals surface area (Å²) in [6, 6.07) is 8.99. The van der Waals surface area contributed by atoms with Gasteiger partial charge in [0.1, 0.15) is 17.5 Å². The van der Waals surface area contributed by atoms with Gasteiger partial charge in [0.25, 0.3) is 5.91 Å². The highest BCUT2D eigenvalue weighted by Gasteiger charge is 2.23. The molecule has 3 heterocycles. The van der Waals surface area contributed by atoms with E-state index in [1.165, 1.54) is 0 Å². The van der Waals surface area contributed by atoms with Crippen molar-refractivity contribution in [2.75, 3.05) is 18.0 Å². The van der Waals surface area contributed by atoms with E-state index in [2.05, 4.69) is 20.3 Å². The molecule has 2 aromatic rings. The van der Waals surface area contributed by atoms with Crippen LogP contribution in [0.5, 0.6) is 0 Å². The lowest BCUT2D eigenvalue weighted by atomic mass is 10.1. The van der Waals surface area contributed by atoms with E-state index >= 15 is 0 Å². The molecule has 0 bridgehead atoms. The molecule has 3 rings (SSSR count). The highest BCUT2D eigenvalue weighted by Crippen LogP contribution is 2.16. The number of hydrogen-bond acceptors (Lipinski definition) is 6. The lowest BCUT2D eigenvalue weighted by Crippen LogP contribution is -2.45. The third kappa shape index (κ3) is 3.61. The number of anilines is 1. The van der Waals surface area contributed by atoms with Crippen molar-refractivity contribution < 1.29 is 4.79 Å². The van der Waals surface area contributed by atoms with Gasteiger partial charge in [-0.05, 0) is 31.0 Å². The summed E-state index contributed by atoms with van der Waals surface area (Å²) in [5.41, 5.74) is 0.792. The molecule has 0 spiro atoms. The molecule has 0 aliphatic carbocycles. The number of rotatable bonds is 3. The normalized spacial score (nSPS) is 15.0. The first kappa shape index (κ1) is 14.9. The molecular weight excluding hydrogens is 292 g/mol. The minimum atomic E-state index is -0.147. The second-order valence-electron chi connectivity index (χ2n) is 5.30. The van der Waals surface area contributed by atoms with Crippen molar-refractivity contribution in [1.29, 1.82) is 5.26 Å². The minimum Gasteiger partial charge on any atom is -0.348 e. The molecule has 2 aromatic heterocycles. The van der Waals surface area contributed by atoms with E-state index in [-0.39, 0.29) is 11.9 Å². The molecule has 1 aliphatic rings. The summed E-state index contributed by atoms with van der Waals surface area (Å²) < 4.78 is 0. The molecule has 0 atom stereocenters. The summed E-state index contributed by atoms with van der Waals surface area (Å²) in [5, 5.41) is 11.9. The summed E-state index contributed by atoms with van der Waals surface area (Å²) in [6.07, 6.45) is 4.81. The van der Waals surface area contributed by atoms with Crippen LogP contribution in [-0.2, 0) is 0 Å². The van der Waals surface area contributed by atoms with Crippen LogP contribution in [0.4, 0.5) is 5.95 Å². The van der Waals surface area contributed by atoms with Gasteiger partial charge < -0.3 is 10.2 Å². The molecule has 1 amide bonds. The van der Waals surface area contributed by atoms with Crippen LogP contribution in [0.2, 0.25) is 0 Å². The van der Waals surface area contributed by atoms with Gasteiger partial charge in [-0.1, -0.05) is 6.07 Å². The SMILES string of the molecule is N#Cc1ccnc(N2CCC(NC(=O)c3ccccn3)CC2)n1. The zero-order valence-electron chi connectivity index (χ0n) is 12.5. The fourth-order valence-electron chi connectivity index (χ4n) is 2.54. The van der Waals surface area contributed by atoms with Crippen molar-refractivity contribution in [2.24, 2.45) is 0 Å². The number of nitrogens with one attached hydrogen (secondary N) is 1. The molecule has 7 heteroatoms. The Morgan fingerprint density at radius 3 is 2.74 bits per heavy atom. The van der Waals surface area contributed by atoms with E-state index in [1.807, 2.05) is 11.0 Å². The number of aromatic nitrogens is 3. The zero-order valence-corrected chi connectivity index (χ0v) is 12.5. The van der Waals surface area contributed by atoms with E-state index < -0.39 is 0 Å². The van der Waals surface area contributed by atoms with Gasteiger partial charge >= 0.3 is 0 Å². The van der Waals surface area contributed by atoms with Crippen LogP contribution in [-0.4, -0.2) is 40.0 Å². The topological polar surface area (TPSA) is 94.8 Å². The Labute approximate surface area is 134 Å². The number of amides is 1. The Balaban J connectivity index is 1.56. The highest BCUT2D eigenvalue weighted by molar-refractivity contribution is 5.92. The maximum Gasteiger partial charge on any atom is 0.270 e. The van der Waals surface area contributed by atoms with Gasteiger partial charge in [0.15, 0.2) is 0 Å². The van der Waals surface area contributed by atoms with Crippen LogP contribution in [0.15, 0.2) is 36.7 Å². The van der Waals surface area contributed by atoms with Crippen LogP contribution in [0.3, 0.4) is 0 Å². The second-order valence-corrected chi connectivity index (χ2v) is 5.30.